The average molecular weight is 210 g/mol. The Hall–Kier alpha value is -1.29. The van der Waals surface area contributed by atoms with Gasteiger partial charge in [-0.05, 0) is 0 Å². The Bertz CT molecular complexity index is 313. The largest absolute Gasteiger partial charge is 0.493 e. The van der Waals surface area contributed by atoms with Crippen LogP contribution < -0.4 is 14.8 Å². The molecule has 1 aromatic heterocycles. The van der Waals surface area contributed by atoms with Gasteiger partial charge in [-0.2, -0.15) is 0 Å². The first-order chi connectivity index (χ1) is 7.19. The number of rotatable bonds is 5. The second kappa shape index (κ2) is 5.56. The molecule has 0 saturated carbocycles. The van der Waals surface area contributed by atoms with Gasteiger partial charge in [-0.3, -0.25) is 4.98 Å². The minimum absolute atomic E-state index is 0.419. The number of ether oxygens (including phenoxy) is 2. The fraction of sp³-hybridized carbons (Fsp3) is 0.545. The summed E-state index contributed by atoms with van der Waals surface area (Å²) in [6.45, 7) is 4.86. The summed E-state index contributed by atoms with van der Waals surface area (Å²) in [5, 5.41) is 3.29. The Labute approximate surface area is 90.6 Å². The molecule has 84 valence electrons. The lowest BCUT2D eigenvalue weighted by molar-refractivity contribution is 0.347. The number of hydrogen-bond donors (Lipinski definition) is 1. The van der Waals surface area contributed by atoms with E-state index >= 15 is 0 Å². The zero-order chi connectivity index (χ0) is 11.3. The lowest BCUT2D eigenvalue weighted by Gasteiger charge is -2.13. The first-order valence-electron chi connectivity index (χ1n) is 4.98. The minimum atomic E-state index is 0.419. The monoisotopic (exact) mass is 210 g/mol. The Kier molecular flexibility index (Phi) is 4.37. The normalized spacial score (nSPS) is 10.5. The molecule has 1 heterocycles. The fourth-order valence-corrected chi connectivity index (χ4v) is 1.28. The van der Waals surface area contributed by atoms with E-state index in [1.165, 1.54) is 0 Å². The second-order valence-electron chi connectivity index (χ2n) is 3.53. The standard InChI is InChI=1S/C11H18N2O2/c1-8(2)13-7-9-11(15-4)10(14-3)5-6-12-9/h5-6,8,13H,7H2,1-4H3. The molecule has 0 saturated heterocycles. The summed E-state index contributed by atoms with van der Waals surface area (Å²) in [4.78, 5) is 4.26. The van der Waals surface area contributed by atoms with E-state index in [-0.39, 0.29) is 0 Å². The molecule has 0 aromatic carbocycles. The Morgan fingerprint density at radius 2 is 2.07 bits per heavy atom. The highest BCUT2D eigenvalue weighted by Gasteiger charge is 2.10. The van der Waals surface area contributed by atoms with Crippen LogP contribution in [0.25, 0.3) is 0 Å². The first kappa shape index (κ1) is 11.8. The van der Waals surface area contributed by atoms with E-state index in [2.05, 4.69) is 24.1 Å². The van der Waals surface area contributed by atoms with Crippen LogP contribution in [0.1, 0.15) is 19.5 Å². The van der Waals surface area contributed by atoms with Crippen LogP contribution in [0.4, 0.5) is 0 Å². The molecule has 0 amide bonds. The predicted octanol–water partition coefficient (Wildman–Crippen LogP) is 1.60. The summed E-state index contributed by atoms with van der Waals surface area (Å²) >= 11 is 0. The smallest absolute Gasteiger partial charge is 0.183 e. The summed E-state index contributed by atoms with van der Waals surface area (Å²) in [7, 11) is 3.25. The fourth-order valence-electron chi connectivity index (χ4n) is 1.28. The molecule has 0 spiro atoms. The molecule has 0 fully saturated rings. The minimum Gasteiger partial charge on any atom is -0.493 e. The number of nitrogens with one attached hydrogen (secondary N) is 1. The van der Waals surface area contributed by atoms with Crippen molar-refractivity contribution < 1.29 is 9.47 Å². The third-order valence-corrected chi connectivity index (χ3v) is 2.04. The maximum absolute atomic E-state index is 5.27. The van der Waals surface area contributed by atoms with Gasteiger partial charge in [0, 0.05) is 24.8 Å². The quantitative estimate of drug-likeness (QED) is 0.801. The van der Waals surface area contributed by atoms with Gasteiger partial charge in [0.1, 0.15) is 0 Å². The van der Waals surface area contributed by atoms with E-state index < -0.39 is 0 Å². The molecular weight excluding hydrogens is 192 g/mol. The molecule has 0 unspecified atom stereocenters. The highest BCUT2D eigenvalue weighted by atomic mass is 16.5. The van der Waals surface area contributed by atoms with Crippen molar-refractivity contribution in [2.75, 3.05) is 14.2 Å². The molecular formula is C11H18N2O2. The van der Waals surface area contributed by atoms with Crippen LogP contribution in [0.3, 0.4) is 0 Å². The van der Waals surface area contributed by atoms with Crippen molar-refractivity contribution in [3.8, 4) is 11.5 Å². The molecule has 1 rings (SSSR count). The van der Waals surface area contributed by atoms with Crippen molar-refractivity contribution in [1.82, 2.24) is 10.3 Å². The van der Waals surface area contributed by atoms with Crippen LogP contribution in [0.5, 0.6) is 11.5 Å². The van der Waals surface area contributed by atoms with Gasteiger partial charge >= 0.3 is 0 Å². The van der Waals surface area contributed by atoms with Crippen molar-refractivity contribution >= 4 is 0 Å². The van der Waals surface area contributed by atoms with E-state index in [1.807, 2.05) is 0 Å². The van der Waals surface area contributed by atoms with Gasteiger partial charge in [0.05, 0.1) is 19.9 Å². The Morgan fingerprint density at radius 1 is 1.33 bits per heavy atom. The number of hydrogen-bond acceptors (Lipinski definition) is 4. The van der Waals surface area contributed by atoms with Crippen LogP contribution in [0.15, 0.2) is 12.3 Å². The maximum Gasteiger partial charge on any atom is 0.183 e. The summed E-state index contributed by atoms with van der Waals surface area (Å²) in [5.74, 6) is 1.42. The molecule has 0 aliphatic rings. The summed E-state index contributed by atoms with van der Waals surface area (Å²) < 4.78 is 10.5. The Balaban J connectivity index is 2.86. The third kappa shape index (κ3) is 3.09. The zero-order valence-electron chi connectivity index (χ0n) is 9.70. The van der Waals surface area contributed by atoms with E-state index in [1.54, 1.807) is 26.5 Å². The summed E-state index contributed by atoms with van der Waals surface area (Å²) in [6, 6.07) is 2.21. The lowest BCUT2D eigenvalue weighted by Crippen LogP contribution is -2.22. The van der Waals surface area contributed by atoms with Crippen molar-refractivity contribution in [2.24, 2.45) is 0 Å². The van der Waals surface area contributed by atoms with Crippen LogP contribution >= 0.6 is 0 Å². The maximum atomic E-state index is 5.27. The van der Waals surface area contributed by atoms with E-state index in [4.69, 9.17) is 9.47 Å². The molecule has 0 bridgehead atoms. The molecule has 0 aliphatic heterocycles. The van der Waals surface area contributed by atoms with Crippen LogP contribution in [-0.2, 0) is 6.54 Å². The Morgan fingerprint density at radius 3 is 2.60 bits per heavy atom. The van der Waals surface area contributed by atoms with Gasteiger partial charge in [-0.25, -0.2) is 0 Å². The van der Waals surface area contributed by atoms with Gasteiger partial charge < -0.3 is 14.8 Å². The predicted molar refractivity (Wildman–Crippen MR) is 59.3 cm³/mol. The van der Waals surface area contributed by atoms with Crippen molar-refractivity contribution in [3.05, 3.63) is 18.0 Å². The molecule has 0 radical (unpaired) electrons. The van der Waals surface area contributed by atoms with Gasteiger partial charge in [0.15, 0.2) is 11.5 Å². The van der Waals surface area contributed by atoms with Gasteiger partial charge in [-0.1, -0.05) is 13.8 Å². The van der Waals surface area contributed by atoms with Crippen LogP contribution in [0.2, 0.25) is 0 Å². The van der Waals surface area contributed by atoms with E-state index in [0.717, 1.165) is 5.69 Å². The molecule has 1 N–H and O–H groups in total. The van der Waals surface area contributed by atoms with Crippen LogP contribution in [0, 0.1) is 0 Å². The summed E-state index contributed by atoms with van der Waals surface area (Å²) in [6.07, 6.45) is 1.72. The summed E-state index contributed by atoms with van der Waals surface area (Å²) in [5.41, 5.74) is 0.866. The van der Waals surface area contributed by atoms with Crippen molar-refractivity contribution in [2.45, 2.75) is 26.4 Å². The van der Waals surface area contributed by atoms with Crippen molar-refractivity contribution in [3.63, 3.8) is 0 Å². The van der Waals surface area contributed by atoms with E-state index in [9.17, 15) is 0 Å². The van der Waals surface area contributed by atoms with Gasteiger partial charge in [-0.15, -0.1) is 0 Å². The first-order valence-corrected chi connectivity index (χ1v) is 4.98. The SMILES string of the molecule is COc1ccnc(CNC(C)C)c1OC. The molecule has 0 aliphatic carbocycles. The molecule has 4 heteroatoms. The number of nitrogens with zero attached hydrogens (tertiary/aromatic N) is 1. The molecule has 4 nitrogen and oxygen atoms in total. The third-order valence-electron chi connectivity index (χ3n) is 2.04. The second-order valence-corrected chi connectivity index (χ2v) is 3.53. The van der Waals surface area contributed by atoms with Gasteiger partial charge in [0.25, 0.3) is 0 Å². The van der Waals surface area contributed by atoms with Crippen molar-refractivity contribution in [1.29, 1.82) is 0 Å². The molecule has 0 atom stereocenters. The zero-order valence-corrected chi connectivity index (χ0v) is 9.70. The lowest BCUT2D eigenvalue weighted by atomic mass is 10.3. The topological polar surface area (TPSA) is 43.4 Å². The molecule has 15 heavy (non-hydrogen) atoms. The number of pyridine rings is 1. The van der Waals surface area contributed by atoms with E-state index in [0.29, 0.717) is 24.1 Å². The average Bonchev–Trinajstić information content (AvgIpc) is 2.25. The van der Waals surface area contributed by atoms with Crippen LogP contribution in [-0.4, -0.2) is 25.2 Å². The number of methoxy groups -OCH3 is 2. The highest BCUT2D eigenvalue weighted by molar-refractivity contribution is 5.42. The van der Waals surface area contributed by atoms with Gasteiger partial charge in [0.2, 0.25) is 0 Å². The highest BCUT2D eigenvalue weighted by Crippen LogP contribution is 2.28. The molecule has 1 aromatic rings. The number of aromatic nitrogens is 1.